The first-order valence-electron chi connectivity index (χ1n) is 6.69. The average Bonchev–Trinajstić information content (AvgIpc) is 2.24. The fourth-order valence-electron chi connectivity index (χ4n) is 2.28. The number of carbonyl (C=O) groups excluding carboxylic acids is 1. The standard InChI is InChI=1S/C14H18F2N2O2/c15-10-6-11(16)8-12(7-10)17-14(20)9-18(4-5-19)13-2-1-3-13/h6-8,13,19H,1-5,9H2,(H,17,20). The van der Waals surface area contributed by atoms with E-state index in [4.69, 9.17) is 5.11 Å². The number of halogens is 2. The molecule has 6 heteroatoms. The largest absolute Gasteiger partial charge is 0.395 e. The third kappa shape index (κ3) is 3.98. The molecule has 2 N–H and O–H groups in total. The van der Waals surface area contributed by atoms with Crippen LogP contribution in [-0.2, 0) is 4.79 Å². The lowest BCUT2D eigenvalue weighted by Crippen LogP contribution is -2.45. The second-order valence-electron chi connectivity index (χ2n) is 4.99. The highest BCUT2D eigenvalue weighted by molar-refractivity contribution is 5.92. The van der Waals surface area contributed by atoms with Gasteiger partial charge in [0, 0.05) is 24.3 Å². The van der Waals surface area contributed by atoms with Crippen molar-refractivity contribution in [2.75, 3.05) is 25.0 Å². The first-order chi connectivity index (χ1) is 9.58. The first kappa shape index (κ1) is 14.9. The van der Waals surface area contributed by atoms with Gasteiger partial charge in [-0.15, -0.1) is 0 Å². The summed E-state index contributed by atoms with van der Waals surface area (Å²) in [5.74, 6) is -1.80. The van der Waals surface area contributed by atoms with Crippen molar-refractivity contribution in [2.45, 2.75) is 25.3 Å². The molecule has 0 aliphatic heterocycles. The van der Waals surface area contributed by atoms with Crippen molar-refractivity contribution in [1.29, 1.82) is 0 Å². The van der Waals surface area contributed by atoms with E-state index in [0.717, 1.165) is 37.5 Å². The molecule has 2 rings (SSSR count). The molecule has 0 atom stereocenters. The molecular weight excluding hydrogens is 266 g/mol. The smallest absolute Gasteiger partial charge is 0.238 e. The summed E-state index contributed by atoms with van der Waals surface area (Å²) in [6, 6.07) is 3.21. The number of rotatable bonds is 6. The lowest BCUT2D eigenvalue weighted by molar-refractivity contribution is -0.118. The van der Waals surface area contributed by atoms with Crippen molar-refractivity contribution in [3.05, 3.63) is 29.8 Å². The maximum Gasteiger partial charge on any atom is 0.238 e. The normalized spacial score (nSPS) is 15.2. The Balaban J connectivity index is 1.92. The quantitative estimate of drug-likeness (QED) is 0.837. The Morgan fingerprint density at radius 1 is 1.30 bits per heavy atom. The van der Waals surface area contributed by atoms with Crippen LogP contribution in [-0.4, -0.2) is 41.7 Å². The predicted octanol–water partition coefficient (Wildman–Crippen LogP) is 1.75. The number of nitrogens with zero attached hydrogens (tertiary/aromatic N) is 1. The monoisotopic (exact) mass is 284 g/mol. The zero-order chi connectivity index (χ0) is 14.5. The van der Waals surface area contributed by atoms with Gasteiger partial charge in [-0.1, -0.05) is 6.42 Å². The minimum atomic E-state index is -0.730. The zero-order valence-electron chi connectivity index (χ0n) is 11.1. The second kappa shape index (κ2) is 6.76. The number of nitrogens with one attached hydrogen (secondary N) is 1. The van der Waals surface area contributed by atoms with Crippen molar-refractivity contribution >= 4 is 11.6 Å². The third-order valence-electron chi connectivity index (χ3n) is 3.47. The topological polar surface area (TPSA) is 52.6 Å². The molecule has 0 unspecified atom stereocenters. The van der Waals surface area contributed by atoms with E-state index in [1.807, 2.05) is 4.90 Å². The summed E-state index contributed by atoms with van der Waals surface area (Å²) < 4.78 is 26.0. The Labute approximate surface area is 116 Å². The lowest BCUT2D eigenvalue weighted by Gasteiger charge is -2.36. The molecular formula is C14H18F2N2O2. The summed E-state index contributed by atoms with van der Waals surface area (Å²) in [5, 5.41) is 11.5. The van der Waals surface area contributed by atoms with Crippen molar-refractivity contribution in [2.24, 2.45) is 0 Å². The Morgan fingerprint density at radius 2 is 1.95 bits per heavy atom. The fourth-order valence-corrected chi connectivity index (χ4v) is 2.28. The van der Waals surface area contributed by atoms with E-state index in [0.29, 0.717) is 12.6 Å². The summed E-state index contributed by atoms with van der Waals surface area (Å²) in [6.07, 6.45) is 3.16. The molecule has 0 spiro atoms. The molecule has 1 aromatic carbocycles. The SMILES string of the molecule is O=C(CN(CCO)C1CCC1)Nc1cc(F)cc(F)c1. The van der Waals surface area contributed by atoms with E-state index in [2.05, 4.69) is 5.32 Å². The Morgan fingerprint density at radius 3 is 2.45 bits per heavy atom. The Kier molecular flexibility index (Phi) is 5.03. The van der Waals surface area contributed by atoms with Crippen LogP contribution in [0.2, 0.25) is 0 Å². The van der Waals surface area contributed by atoms with Gasteiger partial charge in [0.1, 0.15) is 11.6 Å². The van der Waals surface area contributed by atoms with Gasteiger partial charge in [0.15, 0.2) is 0 Å². The van der Waals surface area contributed by atoms with Crippen molar-refractivity contribution < 1.29 is 18.7 Å². The minimum absolute atomic E-state index is 0.0155. The van der Waals surface area contributed by atoms with E-state index in [9.17, 15) is 13.6 Å². The highest BCUT2D eigenvalue weighted by Gasteiger charge is 2.26. The molecule has 20 heavy (non-hydrogen) atoms. The van der Waals surface area contributed by atoms with Crippen LogP contribution in [0.25, 0.3) is 0 Å². The number of carbonyl (C=O) groups is 1. The maximum absolute atomic E-state index is 13.0. The van der Waals surface area contributed by atoms with Gasteiger partial charge in [0.25, 0.3) is 0 Å². The van der Waals surface area contributed by atoms with Crippen molar-refractivity contribution in [3.8, 4) is 0 Å². The van der Waals surface area contributed by atoms with Gasteiger partial charge >= 0.3 is 0 Å². The van der Waals surface area contributed by atoms with Gasteiger partial charge in [-0.25, -0.2) is 8.78 Å². The number of hydrogen-bond donors (Lipinski definition) is 2. The average molecular weight is 284 g/mol. The summed E-state index contributed by atoms with van der Waals surface area (Å²) in [5.41, 5.74) is 0.102. The van der Waals surface area contributed by atoms with Gasteiger partial charge in [-0.3, -0.25) is 9.69 Å². The molecule has 1 fully saturated rings. The van der Waals surface area contributed by atoms with Gasteiger partial charge in [0.2, 0.25) is 5.91 Å². The molecule has 1 saturated carbocycles. The van der Waals surface area contributed by atoms with Crippen LogP contribution in [0.3, 0.4) is 0 Å². The van der Waals surface area contributed by atoms with E-state index >= 15 is 0 Å². The maximum atomic E-state index is 13.0. The molecule has 0 radical (unpaired) electrons. The molecule has 4 nitrogen and oxygen atoms in total. The predicted molar refractivity (Wildman–Crippen MR) is 71.3 cm³/mol. The van der Waals surface area contributed by atoms with E-state index in [1.165, 1.54) is 0 Å². The summed E-state index contributed by atoms with van der Waals surface area (Å²) in [7, 11) is 0. The van der Waals surface area contributed by atoms with E-state index in [1.54, 1.807) is 0 Å². The highest BCUT2D eigenvalue weighted by atomic mass is 19.1. The molecule has 0 heterocycles. The molecule has 0 bridgehead atoms. The zero-order valence-corrected chi connectivity index (χ0v) is 11.1. The first-order valence-corrected chi connectivity index (χ1v) is 6.69. The lowest BCUT2D eigenvalue weighted by atomic mass is 9.91. The van der Waals surface area contributed by atoms with Crippen LogP contribution in [0, 0.1) is 11.6 Å². The number of aliphatic hydroxyl groups excluding tert-OH is 1. The number of benzene rings is 1. The molecule has 1 aliphatic rings. The van der Waals surface area contributed by atoms with Crippen molar-refractivity contribution in [1.82, 2.24) is 4.90 Å². The molecule has 1 aromatic rings. The van der Waals surface area contributed by atoms with Gasteiger partial charge in [0.05, 0.1) is 13.2 Å². The molecule has 1 aliphatic carbocycles. The van der Waals surface area contributed by atoms with Crippen LogP contribution >= 0.6 is 0 Å². The fraction of sp³-hybridized carbons (Fsp3) is 0.500. The Bertz CT molecular complexity index is 458. The number of anilines is 1. The highest BCUT2D eigenvalue weighted by Crippen LogP contribution is 2.24. The van der Waals surface area contributed by atoms with Crippen LogP contribution in [0.1, 0.15) is 19.3 Å². The number of aliphatic hydroxyl groups is 1. The van der Waals surface area contributed by atoms with E-state index in [-0.39, 0.29) is 24.7 Å². The summed E-state index contributed by atoms with van der Waals surface area (Å²) in [6.45, 7) is 0.525. The minimum Gasteiger partial charge on any atom is -0.395 e. The number of amides is 1. The summed E-state index contributed by atoms with van der Waals surface area (Å²) in [4.78, 5) is 13.8. The van der Waals surface area contributed by atoms with Crippen molar-refractivity contribution in [3.63, 3.8) is 0 Å². The van der Waals surface area contributed by atoms with E-state index < -0.39 is 11.6 Å². The van der Waals surface area contributed by atoms with Crippen LogP contribution in [0.4, 0.5) is 14.5 Å². The van der Waals surface area contributed by atoms with Crippen LogP contribution in [0.5, 0.6) is 0 Å². The van der Waals surface area contributed by atoms with Crippen LogP contribution < -0.4 is 5.32 Å². The number of hydrogen-bond acceptors (Lipinski definition) is 3. The van der Waals surface area contributed by atoms with Gasteiger partial charge in [-0.05, 0) is 25.0 Å². The molecule has 1 amide bonds. The van der Waals surface area contributed by atoms with Crippen LogP contribution in [0.15, 0.2) is 18.2 Å². The summed E-state index contributed by atoms with van der Waals surface area (Å²) >= 11 is 0. The Hall–Kier alpha value is -1.53. The van der Waals surface area contributed by atoms with Gasteiger partial charge in [-0.2, -0.15) is 0 Å². The van der Waals surface area contributed by atoms with Gasteiger partial charge < -0.3 is 10.4 Å². The molecule has 110 valence electrons. The molecule has 0 saturated heterocycles. The third-order valence-corrected chi connectivity index (χ3v) is 3.47. The molecule has 0 aromatic heterocycles. The second-order valence-corrected chi connectivity index (χ2v) is 4.99.